The zero-order valence-electron chi connectivity index (χ0n) is 16.4. The number of nitrogens with one attached hydrogen (secondary N) is 1. The first-order chi connectivity index (χ1) is 14.0. The van der Waals surface area contributed by atoms with Gasteiger partial charge in [0.05, 0.1) is 11.4 Å². The highest BCUT2D eigenvalue weighted by Gasteiger charge is 2.31. The molecule has 3 aromatic rings. The lowest BCUT2D eigenvalue weighted by Crippen LogP contribution is -2.24. The fraction of sp³-hybridized carbons (Fsp3) is 0.238. The van der Waals surface area contributed by atoms with Crippen LogP contribution in [0.25, 0.3) is 10.9 Å². The summed E-state index contributed by atoms with van der Waals surface area (Å²) in [5, 5.41) is 13.0. The first kappa shape index (κ1) is 21.2. The number of nitrogens with zero attached hydrogens (tertiary/aromatic N) is 1. The van der Waals surface area contributed by atoms with Crippen molar-refractivity contribution in [2.24, 2.45) is 0 Å². The minimum Gasteiger partial charge on any atom is -0.508 e. The third-order valence-electron chi connectivity index (χ3n) is 4.85. The zero-order valence-corrected chi connectivity index (χ0v) is 16.4. The number of aromatic nitrogens is 1. The molecule has 0 radical (unpaired) electrons. The highest BCUT2D eigenvalue weighted by molar-refractivity contribution is 6.05. The lowest BCUT2D eigenvalue weighted by molar-refractivity contribution is -0.274. The summed E-state index contributed by atoms with van der Waals surface area (Å²) < 4.78 is 42.3. The van der Waals surface area contributed by atoms with Crippen molar-refractivity contribution in [3.8, 4) is 11.5 Å². The summed E-state index contributed by atoms with van der Waals surface area (Å²) in [5.74, 6) is -1.81. The van der Waals surface area contributed by atoms with E-state index in [-0.39, 0.29) is 17.2 Å². The Balaban J connectivity index is 2.11. The number of hydrogen-bond donors (Lipinski definition) is 2. The maximum atomic E-state index is 13.2. The van der Waals surface area contributed by atoms with Gasteiger partial charge in [-0.2, -0.15) is 0 Å². The molecule has 2 aromatic carbocycles. The summed E-state index contributed by atoms with van der Waals surface area (Å²) in [5.41, 5.74) is 1.67. The first-order valence-corrected chi connectivity index (χ1v) is 8.99. The molecule has 0 spiro atoms. The van der Waals surface area contributed by atoms with Crippen molar-refractivity contribution in [1.29, 1.82) is 0 Å². The van der Waals surface area contributed by atoms with Crippen LogP contribution >= 0.6 is 0 Å². The van der Waals surface area contributed by atoms with E-state index in [1.807, 2.05) is 0 Å². The number of ether oxygens (including phenoxy) is 1. The first-order valence-electron chi connectivity index (χ1n) is 8.99. The van der Waals surface area contributed by atoms with Gasteiger partial charge in [-0.05, 0) is 61.9 Å². The molecule has 1 amide bonds. The normalized spacial score (nSPS) is 12.6. The van der Waals surface area contributed by atoms with Gasteiger partial charge in [0.15, 0.2) is 0 Å². The van der Waals surface area contributed by atoms with E-state index in [1.54, 1.807) is 19.9 Å². The molecule has 9 heteroatoms. The molecule has 0 aliphatic carbocycles. The van der Waals surface area contributed by atoms with E-state index in [9.17, 15) is 27.9 Å². The van der Waals surface area contributed by atoms with Crippen LogP contribution in [-0.2, 0) is 4.79 Å². The van der Waals surface area contributed by atoms with Gasteiger partial charge in [0.2, 0.25) is 5.91 Å². The van der Waals surface area contributed by atoms with Crippen molar-refractivity contribution in [2.45, 2.75) is 26.1 Å². The molecular weight excluding hydrogens is 401 g/mol. The number of phenolic OH excluding ortho intramolecular Hbond substituents is 1. The molecule has 1 atom stereocenters. The van der Waals surface area contributed by atoms with Crippen LogP contribution in [0, 0.1) is 6.92 Å². The number of amides is 1. The molecule has 0 aliphatic rings. The number of likely N-dealkylation sites (N-methyl/N-ethyl adjacent to an activating group) is 1. The van der Waals surface area contributed by atoms with Crippen LogP contribution in [0.15, 0.2) is 42.5 Å². The Hall–Kier alpha value is -3.49. The van der Waals surface area contributed by atoms with Crippen molar-refractivity contribution in [3.63, 3.8) is 0 Å². The largest absolute Gasteiger partial charge is 0.573 e. The highest BCUT2D eigenvalue weighted by atomic mass is 19.4. The molecule has 0 saturated carbocycles. The van der Waals surface area contributed by atoms with E-state index in [2.05, 4.69) is 10.1 Å². The second-order valence-electron chi connectivity index (χ2n) is 6.75. The summed E-state index contributed by atoms with van der Waals surface area (Å²) in [7, 11) is 1.50. The predicted molar refractivity (Wildman–Crippen MR) is 104 cm³/mol. The van der Waals surface area contributed by atoms with Gasteiger partial charge in [-0.3, -0.25) is 14.2 Å². The van der Waals surface area contributed by atoms with Crippen LogP contribution in [-0.4, -0.2) is 34.9 Å². The fourth-order valence-electron chi connectivity index (χ4n) is 3.51. The van der Waals surface area contributed by atoms with Crippen molar-refractivity contribution in [1.82, 2.24) is 9.88 Å². The highest BCUT2D eigenvalue weighted by Crippen LogP contribution is 2.35. The van der Waals surface area contributed by atoms with E-state index in [0.717, 1.165) is 12.1 Å². The fourth-order valence-corrected chi connectivity index (χ4v) is 3.51. The average Bonchev–Trinajstić information content (AvgIpc) is 2.96. The van der Waals surface area contributed by atoms with Gasteiger partial charge < -0.3 is 15.2 Å². The molecule has 0 fully saturated rings. The number of benzene rings is 2. The van der Waals surface area contributed by atoms with Gasteiger partial charge in [-0.25, -0.2) is 0 Å². The molecule has 30 heavy (non-hydrogen) atoms. The Morgan fingerprint density at radius 1 is 1.13 bits per heavy atom. The SMILES string of the molecule is CNC(=O)[C@@H](C)c1c(C)n(C(=O)c2ccc(OC(F)(F)F)cc2)c2ccc(O)cc12. The van der Waals surface area contributed by atoms with Crippen LogP contribution in [0.3, 0.4) is 0 Å². The van der Waals surface area contributed by atoms with Crippen LogP contribution < -0.4 is 10.1 Å². The monoisotopic (exact) mass is 420 g/mol. The summed E-state index contributed by atoms with van der Waals surface area (Å²) in [6, 6.07) is 9.02. The maximum absolute atomic E-state index is 13.2. The number of alkyl halides is 3. The van der Waals surface area contributed by atoms with Gasteiger partial charge in [-0.1, -0.05) is 0 Å². The predicted octanol–water partition coefficient (Wildman–Crippen LogP) is 4.09. The summed E-state index contributed by atoms with van der Waals surface area (Å²) in [6.07, 6.45) is -4.83. The lowest BCUT2D eigenvalue weighted by Gasteiger charge is -2.12. The van der Waals surface area contributed by atoms with Crippen LogP contribution in [0.5, 0.6) is 11.5 Å². The molecule has 6 nitrogen and oxygen atoms in total. The smallest absolute Gasteiger partial charge is 0.508 e. The van der Waals surface area contributed by atoms with Gasteiger partial charge in [0.25, 0.3) is 5.91 Å². The number of phenols is 1. The number of carbonyl (C=O) groups is 2. The molecular formula is C21H19F3N2O4. The molecule has 3 rings (SSSR count). The number of fused-ring (bicyclic) bond motifs is 1. The minimum atomic E-state index is -4.83. The molecule has 0 aliphatic heterocycles. The Kier molecular flexibility index (Phi) is 5.47. The summed E-state index contributed by atoms with van der Waals surface area (Å²) >= 11 is 0. The van der Waals surface area contributed by atoms with Crippen molar-refractivity contribution in [3.05, 3.63) is 59.3 Å². The standard InChI is InChI=1S/C21H19F3N2O4/c1-11(19(28)25-3)18-12(2)26(17-9-6-14(27)10-16(17)18)20(29)13-4-7-15(8-5-13)30-21(22,23)24/h4-11,27H,1-3H3,(H,25,28)/t11-/m0/s1. The lowest BCUT2D eigenvalue weighted by atomic mass is 9.97. The second kappa shape index (κ2) is 7.74. The number of rotatable bonds is 4. The molecule has 0 bridgehead atoms. The topological polar surface area (TPSA) is 80.6 Å². The van der Waals surface area contributed by atoms with E-state index in [1.165, 1.54) is 35.9 Å². The third-order valence-corrected chi connectivity index (χ3v) is 4.85. The minimum absolute atomic E-state index is 0.0221. The number of carbonyl (C=O) groups excluding carboxylic acids is 2. The van der Waals surface area contributed by atoms with Gasteiger partial charge >= 0.3 is 6.36 Å². The number of hydrogen-bond acceptors (Lipinski definition) is 4. The number of aromatic hydroxyl groups is 1. The van der Waals surface area contributed by atoms with Crippen LogP contribution in [0.4, 0.5) is 13.2 Å². The molecule has 2 N–H and O–H groups in total. The Morgan fingerprint density at radius 2 is 1.77 bits per heavy atom. The average molecular weight is 420 g/mol. The van der Waals surface area contributed by atoms with E-state index in [0.29, 0.717) is 22.2 Å². The molecule has 0 unspecified atom stereocenters. The third kappa shape index (κ3) is 3.96. The quantitative estimate of drug-likeness (QED) is 0.666. The van der Waals surface area contributed by atoms with E-state index in [4.69, 9.17) is 0 Å². The number of halogens is 3. The Morgan fingerprint density at radius 3 is 2.33 bits per heavy atom. The molecule has 0 saturated heterocycles. The van der Waals surface area contributed by atoms with E-state index < -0.39 is 23.9 Å². The maximum Gasteiger partial charge on any atom is 0.573 e. The summed E-state index contributed by atoms with van der Waals surface area (Å²) in [4.78, 5) is 25.4. The molecule has 1 aromatic heterocycles. The summed E-state index contributed by atoms with van der Waals surface area (Å²) in [6.45, 7) is 3.35. The van der Waals surface area contributed by atoms with Crippen molar-refractivity contribution >= 4 is 22.7 Å². The van der Waals surface area contributed by atoms with Crippen molar-refractivity contribution in [2.75, 3.05) is 7.05 Å². The van der Waals surface area contributed by atoms with Crippen LogP contribution in [0.2, 0.25) is 0 Å². The van der Waals surface area contributed by atoms with Crippen LogP contribution in [0.1, 0.15) is 34.5 Å². The van der Waals surface area contributed by atoms with Gasteiger partial charge in [-0.15, -0.1) is 13.2 Å². The molecule has 1 heterocycles. The second-order valence-corrected chi connectivity index (χ2v) is 6.75. The van der Waals surface area contributed by atoms with Gasteiger partial charge in [0.1, 0.15) is 11.5 Å². The Labute approximate surface area is 169 Å². The van der Waals surface area contributed by atoms with Crippen molar-refractivity contribution < 1.29 is 32.6 Å². The Bertz CT molecular complexity index is 1120. The molecule has 158 valence electrons. The van der Waals surface area contributed by atoms with E-state index >= 15 is 0 Å². The zero-order chi connectivity index (χ0) is 22.2. The van der Waals surface area contributed by atoms with Gasteiger partial charge in [0, 0.05) is 23.7 Å².